The molecule has 0 aliphatic heterocycles. The van der Waals surface area contributed by atoms with Gasteiger partial charge in [0.1, 0.15) is 0 Å². The molecule has 0 unspecified atom stereocenters. The fraction of sp³-hybridized carbons (Fsp3) is 0.158. The number of rotatable bonds is 5. The van der Waals surface area contributed by atoms with Crippen molar-refractivity contribution in [3.8, 4) is 11.3 Å². The SMILES string of the molecule is Cc1ccccc1Cc1nc(-c2ccccc2)c(CC(=O)O)s1. The van der Waals surface area contributed by atoms with Crippen LogP contribution in [0.2, 0.25) is 0 Å². The maximum absolute atomic E-state index is 11.2. The van der Waals surface area contributed by atoms with Crippen LogP contribution in [0.5, 0.6) is 0 Å². The van der Waals surface area contributed by atoms with Gasteiger partial charge >= 0.3 is 5.97 Å². The lowest BCUT2D eigenvalue weighted by Gasteiger charge is -2.02. The van der Waals surface area contributed by atoms with Crippen LogP contribution in [0.3, 0.4) is 0 Å². The molecule has 0 aliphatic carbocycles. The number of aromatic nitrogens is 1. The minimum atomic E-state index is -0.826. The first-order valence-electron chi connectivity index (χ1n) is 7.44. The Bertz CT molecular complexity index is 824. The summed E-state index contributed by atoms with van der Waals surface area (Å²) in [6.07, 6.45) is 0.743. The summed E-state index contributed by atoms with van der Waals surface area (Å²) in [5.74, 6) is -0.826. The Hall–Kier alpha value is -2.46. The molecule has 0 saturated carbocycles. The van der Waals surface area contributed by atoms with Crippen molar-refractivity contribution in [1.29, 1.82) is 0 Å². The highest BCUT2D eigenvalue weighted by molar-refractivity contribution is 7.12. The van der Waals surface area contributed by atoms with Crippen molar-refractivity contribution < 1.29 is 9.90 Å². The van der Waals surface area contributed by atoms with Crippen molar-refractivity contribution in [2.45, 2.75) is 19.8 Å². The van der Waals surface area contributed by atoms with Crippen molar-refractivity contribution >= 4 is 17.3 Å². The summed E-state index contributed by atoms with van der Waals surface area (Å²) < 4.78 is 0. The van der Waals surface area contributed by atoms with E-state index in [-0.39, 0.29) is 6.42 Å². The van der Waals surface area contributed by atoms with Crippen molar-refractivity contribution in [1.82, 2.24) is 4.98 Å². The Labute approximate surface area is 139 Å². The zero-order valence-electron chi connectivity index (χ0n) is 12.8. The molecule has 3 nitrogen and oxygen atoms in total. The van der Waals surface area contributed by atoms with E-state index in [9.17, 15) is 4.79 Å². The molecule has 0 atom stereocenters. The third-order valence-electron chi connectivity index (χ3n) is 3.70. The summed E-state index contributed by atoms with van der Waals surface area (Å²) in [6, 6.07) is 18.0. The zero-order valence-corrected chi connectivity index (χ0v) is 13.6. The molecule has 0 bridgehead atoms. The fourth-order valence-corrected chi connectivity index (χ4v) is 3.63. The molecular weight excluding hydrogens is 306 g/mol. The number of carboxylic acid groups (broad SMARTS) is 1. The van der Waals surface area contributed by atoms with Gasteiger partial charge in [0.25, 0.3) is 0 Å². The molecule has 116 valence electrons. The van der Waals surface area contributed by atoms with Gasteiger partial charge in [-0.3, -0.25) is 4.79 Å². The topological polar surface area (TPSA) is 50.2 Å². The quantitative estimate of drug-likeness (QED) is 0.760. The average Bonchev–Trinajstić information content (AvgIpc) is 2.92. The van der Waals surface area contributed by atoms with E-state index >= 15 is 0 Å². The van der Waals surface area contributed by atoms with Gasteiger partial charge in [-0.2, -0.15) is 0 Å². The molecule has 0 spiro atoms. The van der Waals surface area contributed by atoms with Crippen LogP contribution >= 0.6 is 11.3 Å². The third kappa shape index (κ3) is 3.66. The second-order valence-electron chi connectivity index (χ2n) is 5.42. The Morgan fingerprint density at radius 3 is 2.48 bits per heavy atom. The van der Waals surface area contributed by atoms with E-state index in [0.717, 1.165) is 27.6 Å². The van der Waals surface area contributed by atoms with E-state index in [0.29, 0.717) is 0 Å². The van der Waals surface area contributed by atoms with E-state index in [1.54, 1.807) is 0 Å². The molecule has 1 aromatic heterocycles. The molecule has 0 amide bonds. The second kappa shape index (κ2) is 6.75. The molecular formula is C19H17NO2S. The van der Waals surface area contributed by atoms with Crippen LogP contribution in [0, 0.1) is 6.92 Å². The maximum Gasteiger partial charge on any atom is 0.308 e. The first-order chi connectivity index (χ1) is 11.1. The lowest BCUT2D eigenvalue weighted by atomic mass is 10.1. The highest BCUT2D eigenvalue weighted by Crippen LogP contribution is 2.30. The van der Waals surface area contributed by atoms with Gasteiger partial charge in [0.15, 0.2) is 0 Å². The zero-order chi connectivity index (χ0) is 16.2. The Balaban J connectivity index is 1.98. The minimum absolute atomic E-state index is 0.00959. The summed E-state index contributed by atoms with van der Waals surface area (Å²) in [5.41, 5.74) is 4.21. The van der Waals surface area contributed by atoms with Gasteiger partial charge in [0, 0.05) is 16.9 Å². The Kier molecular flexibility index (Phi) is 4.53. The number of nitrogens with zero attached hydrogens (tertiary/aromatic N) is 1. The van der Waals surface area contributed by atoms with Gasteiger partial charge in [-0.1, -0.05) is 54.6 Å². The number of carbonyl (C=O) groups is 1. The molecule has 0 aliphatic rings. The summed E-state index contributed by atoms with van der Waals surface area (Å²) >= 11 is 1.49. The molecule has 4 heteroatoms. The number of aliphatic carboxylic acids is 1. The standard InChI is InChI=1S/C19H17NO2S/c1-13-7-5-6-10-15(13)11-17-20-19(14-8-3-2-4-9-14)16(23-17)12-18(21)22/h2-10H,11-12H2,1H3,(H,21,22). The minimum Gasteiger partial charge on any atom is -0.481 e. The number of hydrogen-bond donors (Lipinski definition) is 1. The molecule has 2 aromatic carbocycles. The van der Waals surface area contributed by atoms with Crippen LogP contribution in [0.25, 0.3) is 11.3 Å². The predicted molar refractivity (Wildman–Crippen MR) is 92.9 cm³/mol. The first kappa shape index (κ1) is 15.4. The van der Waals surface area contributed by atoms with Crippen molar-refractivity contribution in [2.75, 3.05) is 0 Å². The smallest absolute Gasteiger partial charge is 0.308 e. The van der Waals surface area contributed by atoms with Gasteiger partial charge in [0.2, 0.25) is 0 Å². The van der Waals surface area contributed by atoms with Crippen LogP contribution in [0.1, 0.15) is 21.0 Å². The largest absolute Gasteiger partial charge is 0.481 e. The van der Waals surface area contributed by atoms with Crippen LogP contribution in [0.15, 0.2) is 54.6 Å². The summed E-state index contributed by atoms with van der Waals surface area (Å²) in [7, 11) is 0. The lowest BCUT2D eigenvalue weighted by molar-refractivity contribution is -0.136. The number of carboxylic acids is 1. The number of benzene rings is 2. The molecule has 3 rings (SSSR count). The molecule has 1 heterocycles. The normalized spacial score (nSPS) is 10.7. The lowest BCUT2D eigenvalue weighted by Crippen LogP contribution is -1.99. The molecule has 23 heavy (non-hydrogen) atoms. The van der Waals surface area contributed by atoms with E-state index in [2.05, 4.69) is 19.1 Å². The number of thiazole rings is 1. The van der Waals surface area contributed by atoms with E-state index in [1.165, 1.54) is 22.5 Å². The maximum atomic E-state index is 11.2. The van der Waals surface area contributed by atoms with E-state index in [1.807, 2.05) is 42.5 Å². The van der Waals surface area contributed by atoms with Crippen LogP contribution in [-0.4, -0.2) is 16.1 Å². The van der Waals surface area contributed by atoms with Gasteiger partial charge in [-0.25, -0.2) is 4.98 Å². The van der Waals surface area contributed by atoms with Gasteiger partial charge in [-0.05, 0) is 18.1 Å². The number of aryl methyl sites for hydroxylation is 1. The molecule has 0 radical (unpaired) electrons. The van der Waals surface area contributed by atoms with Gasteiger partial charge < -0.3 is 5.11 Å². The number of hydrogen-bond acceptors (Lipinski definition) is 3. The van der Waals surface area contributed by atoms with Gasteiger partial charge in [-0.15, -0.1) is 11.3 Å². The average molecular weight is 323 g/mol. The van der Waals surface area contributed by atoms with Crippen molar-refractivity contribution in [2.24, 2.45) is 0 Å². The second-order valence-corrected chi connectivity index (χ2v) is 6.59. The molecule has 0 fully saturated rings. The first-order valence-corrected chi connectivity index (χ1v) is 8.25. The molecule has 1 N–H and O–H groups in total. The summed E-state index contributed by atoms with van der Waals surface area (Å²) in [6.45, 7) is 2.08. The van der Waals surface area contributed by atoms with E-state index in [4.69, 9.17) is 10.1 Å². The predicted octanol–water partition coefficient (Wildman–Crippen LogP) is 4.34. The summed E-state index contributed by atoms with van der Waals surface area (Å²) in [4.78, 5) is 16.7. The van der Waals surface area contributed by atoms with Crippen molar-refractivity contribution in [3.63, 3.8) is 0 Å². The molecule has 0 saturated heterocycles. The Morgan fingerprint density at radius 1 is 1.09 bits per heavy atom. The third-order valence-corrected chi connectivity index (χ3v) is 4.76. The summed E-state index contributed by atoms with van der Waals surface area (Å²) in [5, 5.41) is 10.1. The fourth-order valence-electron chi connectivity index (χ4n) is 2.53. The van der Waals surface area contributed by atoms with E-state index < -0.39 is 5.97 Å². The highest BCUT2D eigenvalue weighted by Gasteiger charge is 2.16. The van der Waals surface area contributed by atoms with Crippen LogP contribution < -0.4 is 0 Å². The van der Waals surface area contributed by atoms with Crippen molar-refractivity contribution in [3.05, 3.63) is 75.6 Å². The highest BCUT2D eigenvalue weighted by atomic mass is 32.1. The monoisotopic (exact) mass is 323 g/mol. The molecule has 3 aromatic rings. The van der Waals surface area contributed by atoms with Crippen LogP contribution in [-0.2, 0) is 17.6 Å². The van der Waals surface area contributed by atoms with Gasteiger partial charge in [0.05, 0.1) is 17.1 Å². The van der Waals surface area contributed by atoms with Crippen LogP contribution in [0.4, 0.5) is 0 Å². The Morgan fingerprint density at radius 2 is 1.78 bits per heavy atom.